The number of hydrogen-bond donors (Lipinski definition) is 2. The molecule has 3 rings (SSSR count). The number of aromatic amines is 1. The van der Waals surface area contributed by atoms with Gasteiger partial charge in [0.2, 0.25) is 5.91 Å². The van der Waals surface area contributed by atoms with E-state index in [0.29, 0.717) is 19.4 Å². The lowest BCUT2D eigenvalue weighted by Crippen LogP contribution is -2.12. The SMILES string of the molecule is Cc1cccc(OCCCC(=O)Nc2ccc3nc[nH]c3c2)c1. The van der Waals surface area contributed by atoms with Crippen LogP contribution in [-0.4, -0.2) is 22.5 Å². The van der Waals surface area contributed by atoms with E-state index in [0.717, 1.165) is 28.0 Å². The molecule has 0 unspecified atom stereocenters. The number of rotatable bonds is 6. The van der Waals surface area contributed by atoms with Crippen molar-refractivity contribution in [1.82, 2.24) is 9.97 Å². The molecule has 0 radical (unpaired) electrons. The standard InChI is InChI=1S/C18H19N3O2/c1-13-4-2-5-15(10-13)23-9-3-6-18(22)21-14-7-8-16-17(11-14)20-12-19-16/h2,4-5,7-8,10-12H,3,6,9H2,1H3,(H,19,20)(H,21,22). The number of amides is 1. The fourth-order valence-corrected chi connectivity index (χ4v) is 2.36. The van der Waals surface area contributed by atoms with Gasteiger partial charge in [-0.3, -0.25) is 4.79 Å². The molecule has 0 aliphatic heterocycles. The maximum absolute atomic E-state index is 12.0. The molecule has 2 aromatic carbocycles. The van der Waals surface area contributed by atoms with Crippen LogP contribution in [0.1, 0.15) is 18.4 Å². The molecule has 2 N–H and O–H groups in total. The lowest BCUT2D eigenvalue weighted by atomic mass is 10.2. The quantitative estimate of drug-likeness (QED) is 0.683. The van der Waals surface area contributed by atoms with Crippen LogP contribution in [0, 0.1) is 6.92 Å². The van der Waals surface area contributed by atoms with Crippen molar-refractivity contribution in [2.24, 2.45) is 0 Å². The van der Waals surface area contributed by atoms with E-state index in [2.05, 4.69) is 15.3 Å². The molecule has 1 amide bonds. The molecule has 23 heavy (non-hydrogen) atoms. The van der Waals surface area contributed by atoms with Crippen LogP contribution >= 0.6 is 0 Å². The Morgan fingerprint density at radius 1 is 1.26 bits per heavy atom. The van der Waals surface area contributed by atoms with Gasteiger partial charge in [-0.25, -0.2) is 4.98 Å². The minimum atomic E-state index is -0.0169. The van der Waals surface area contributed by atoms with Gasteiger partial charge in [0.05, 0.1) is 24.0 Å². The van der Waals surface area contributed by atoms with Gasteiger partial charge in [-0.15, -0.1) is 0 Å². The third-order valence-electron chi connectivity index (χ3n) is 3.51. The molecule has 5 heteroatoms. The number of nitrogens with one attached hydrogen (secondary N) is 2. The number of aromatic nitrogens is 2. The molecule has 118 valence electrons. The highest BCUT2D eigenvalue weighted by Gasteiger charge is 2.04. The lowest BCUT2D eigenvalue weighted by Gasteiger charge is -2.07. The Balaban J connectivity index is 1.44. The maximum atomic E-state index is 12.0. The van der Waals surface area contributed by atoms with Crippen LogP contribution in [-0.2, 0) is 4.79 Å². The second-order valence-corrected chi connectivity index (χ2v) is 5.45. The van der Waals surface area contributed by atoms with Crippen LogP contribution in [0.4, 0.5) is 5.69 Å². The first-order valence-corrected chi connectivity index (χ1v) is 7.63. The summed E-state index contributed by atoms with van der Waals surface area (Å²) in [7, 11) is 0. The molecule has 0 atom stereocenters. The number of H-pyrrole nitrogens is 1. The van der Waals surface area contributed by atoms with E-state index in [4.69, 9.17) is 4.74 Å². The molecule has 1 aromatic heterocycles. The fourth-order valence-electron chi connectivity index (χ4n) is 2.36. The smallest absolute Gasteiger partial charge is 0.224 e. The number of nitrogens with zero attached hydrogens (tertiary/aromatic N) is 1. The monoisotopic (exact) mass is 309 g/mol. The molecular weight excluding hydrogens is 290 g/mol. The van der Waals surface area contributed by atoms with Crippen molar-refractivity contribution >= 4 is 22.6 Å². The van der Waals surface area contributed by atoms with Gasteiger partial charge in [0.25, 0.3) is 0 Å². The van der Waals surface area contributed by atoms with Crippen molar-refractivity contribution in [3.8, 4) is 5.75 Å². The Labute approximate surface area is 134 Å². The van der Waals surface area contributed by atoms with E-state index in [1.54, 1.807) is 6.33 Å². The van der Waals surface area contributed by atoms with Crippen molar-refractivity contribution in [2.45, 2.75) is 19.8 Å². The number of anilines is 1. The molecular formula is C18H19N3O2. The Kier molecular flexibility index (Phi) is 4.57. The molecule has 0 fully saturated rings. The zero-order valence-corrected chi connectivity index (χ0v) is 13.0. The van der Waals surface area contributed by atoms with Gasteiger partial charge < -0.3 is 15.0 Å². The summed E-state index contributed by atoms with van der Waals surface area (Å²) in [6.07, 6.45) is 2.73. The Morgan fingerprint density at radius 3 is 3.04 bits per heavy atom. The van der Waals surface area contributed by atoms with E-state index >= 15 is 0 Å². The highest BCUT2D eigenvalue weighted by molar-refractivity contribution is 5.92. The number of hydrogen-bond acceptors (Lipinski definition) is 3. The van der Waals surface area contributed by atoms with Gasteiger partial charge in [0, 0.05) is 12.1 Å². The first-order chi connectivity index (χ1) is 11.2. The lowest BCUT2D eigenvalue weighted by molar-refractivity contribution is -0.116. The topological polar surface area (TPSA) is 67.0 Å². The van der Waals surface area contributed by atoms with E-state index in [-0.39, 0.29) is 5.91 Å². The third kappa shape index (κ3) is 4.10. The summed E-state index contributed by atoms with van der Waals surface area (Å²) in [6.45, 7) is 2.55. The summed E-state index contributed by atoms with van der Waals surface area (Å²) >= 11 is 0. The Morgan fingerprint density at radius 2 is 2.17 bits per heavy atom. The van der Waals surface area contributed by atoms with Crippen LogP contribution in [0.2, 0.25) is 0 Å². The average molecular weight is 309 g/mol. The Bertz CT molecular complexity index is 811. The van der Waals surface area contributed by atoms with Crippen molar-refractivity contribution < 1.29 is 9.53 Å². The summed E-state index contributed by atoms with van der Waals surface area (Å²) in [5, 5.41) is 2.89. The molecule has 0 saturated carbocycles. The highest BCUT2D eigenvalue weighted by atomic mass is 16.5. The van der Waals surface area contributed by atoms with Crippen LogP contribution in [0.25, 0.3) is 11.0 Å². The van der Waals surface area contributed by atoms with Crippen LogP contribution in [0.15, 0.2) is 48.8 Å². The normalized spacial score (nSPS) is 10.7. The average Bonchev–Trinajstić information content (AvgIpc) is 2.99. The van der Waals surface area contributed by atoms with Gasteiger partial charge in [0.1, 0.15) is 5.75 Å². The molecule has 1 heterocycles. The number of benzene rings is 2. The molecule has 0 bridgehead atoms. The van der Waals surface area contributed by atoms with Crippen LogP contribution in [0.3, 0.4) is 0 Å². The number of carbonyl (C=O) groups excluding carboxylic acids is 1. The summed E-state index contributed by atoms with van der Waals surface area (Å²) < 4.78 is 5.64. The number of aryl methyl sites for hydroxylation is 1. The second-order valence-electron chi connectivity index (χ2n) is 5.45. The first-order valence-electron chi connectivity index (χ1n) is 7.63. The highest BCUT2D eigenvalue weighted by Crippen LogP contribution is 2.16. The Hall–Kier alpha value is -2.82. The van der Waals surface area contributed by atoms with Crippen molar-refractivity contribution in [3.05, 3.63) is 54.4 Å². The number of ether oxygens (including phenoxy) is 1. The van der Waals surface area contributed by atoms with Gasteiger partial charge in [-0.05, 0) is 49.2 Å². The zero-order chi connectivity index (χ0) is 16.1. The summed E-state index contributed by atoms with van der Waals surface area (Å²) in [4.78, 5) is 19.1. The van der Waals surface area contributed by atoms with Crippen LogP contribution in [0.5, 0.6) is 5.75 Å². The molecule has 3 aromatic rings. The van der Waals surface area contributed by atoms with Gasteiger partial charge in [0.15, 0.2) is 0 Å². The second kappa shape index (κ2) is 6.96. The zero-order valence-electron chi connectivity index (χ0n) is 13.0. The summed E-state index contributed by atoms with van der Waals surface area (Å²) in [6, 6.07) is 13.5. The molecule has 0 aliphatic rings. The van der Waals surface area contributed by atoms with Crippen LogP contribution < -0.4 is 10.1 Å². The van der Waals surface area contributed by atoms with Crippen molar-refractivity contribution in [3.63, 3.8) is 0 Å². The molecule has 0 spiro atoms. The van der Waals surface area contributed by atoms with Gasteiger partial charge in [-0.2, -0.15) is 0 Å². The maximum Gasteiger partial charge on any atom is 0.224 e. The largest absolute Gasteiger partial charge is 0.494 e. The van der Waals surface area contributed by atoms with Gasteiger partial charge in [-0.1, -0.05) is 12.1 Å². The summed E-state index contributed by atoms with van der Waals surface area (Å²) in [5.74, 6) is 0.826. The first kappa shape index (κ1) is 15.1. The third-order valence-corrected chi connectivity index (χ3v) is 3.51. The van der Waals surface area contributed by atoms with E-state index in [9.17, 15) is 4.79 Å². The van der Waals surface area contributed by atoms with E-state index in [1.165, 1.54) is 0 Å². The molecule has 5 nitrogen and oxygen atoms in total. The predicted molar refractivity (Wildman–Crippen MR) is 90.6 cm³/mol. The van der Waals surface area contributed by atoms with E-state index < -0.39 is 0 Å². The predicted octanol–water partition coefficient (Wildman–Crippen LogP) is 3.67. The van der Waals surface area contributed by atoms with E-state index in [1.807, 2.05) is 49.4 Å². The van der Waals surface area contributed by atoms with Crippen molar-refractivity contribution in [1.29, 1.82) is 0 Å². The molecule has 0 aliphatic carbocycles. The van der Waals surface area contributed by atoms with Gasteiger partial charge >= 0.3 is 0 Å². The van der Waals surface area contributed by atoms with Crippen molar-refractivity contribution in [2.75, 3.05) is 11.9 Å². The summed E-state index contributed by atoms with van der Waals surface area (Å²) in [5.41, 5.74) is 3.72. The minimum Gasteiger partial charge on any atom is -0.494 e. The fraction of sp³-hybridized carbons (Fsp3) is 0.222. The minimum absolute atomic E-state index is 0.0169. The molecule has 0 saturated heterocycles. The number of carbonyl (C=O) groups is 1. The number of imidazole rings is 1. The number of fused-ring (bicyclic) bond motifs is 1.